The van der Waals surface area contributed by atoms with Crippen molar-refractivity contribution < 1.29 is 5.11 Å². The quantitative estimate of drug-likeness (QED) is 0.794. The summed E-state index contributed by atoms with van der Waals surface area (Å²) in [6.45, 7) is 14.6. The van der Waals surface area contributed by atoms with Crippen molar-refractivity contribution in [1.82, 2.24) is 0 Å². The van der Waals surface area contributed by atoms with E-state index in [1.807, 2.05) is 13.8 Å². The van der Waals surface area contributed by atoms with Gasteiger partial charge in [-0.1, -0.05) is 39.8 Å². The molecule has 2 nitrogen and oxygen atoms in total. The van der Waals surface area contributed by atoms with Gasteiger partial charge in [-0.3, -0.25) is 0 Å². The first-order chi connectivity index (χ1) is 8.88. The van der Waals surface area contributed by atoms with E-state index in [2.05, 4.69) is 52.1 Å². The fourth-order valence-corrected chi connectivity index (χ4v) is 2.94. The number of benzene rings is 1. The Balaban J connectivity index is 0.000000861. The maximum Gasteiger partial charge on any atom is 0.0830 e. The summed E-state index contributed by atoms with van der Waals surface area (Å²) in [5.74, 6) is 0.187. The number of nitrogens with one attached hydrogen (secondary N) is 1. The van der Waals surface area contributed by atoms with Crippen molar-refractivity contribution in [2.24, 2.45) is 0 Å². The van der Waals surface area contributed by atoms with Crippen molar-refractivity contribution in [1.29, 1.82) is 0 Å². The number of anilines is 1. The largest absolute Gasteiger partial charge is 0.390 e. The molecule has 1 aliphatic rings. The second-order valence-electron chi connectivity index (χ2n) is 5.76. The molecule has 0 bridgehead atoms. The topological polar surface area (TPSA) is 32.3 Å². The minimum absolute atomic E-state index is 0.187. The van der Waals surface area contributed by atoms with E-state index in [1.54, 1.807) is 0 Å². The lowest BCUT2D eigenvalue weighted by Gasteiger charge is -2.43. The minimum atomic E-state index is -0.345. The molecular formula is C17H29NO. The molecule has 0 aliphatic carbocycles. The second kappa shape index (κ2) is 5.96. The number of fused-ring (bicyclic) bond motifs is 1. The van der Waals surface area contributed by atoms with Crippen LogP contribution in [0.2, 0.25) is 0 Å². The first-order valence-corrected chi connectivity index (χ1v) is 7.47. The Hall–Kier alpha value is -1.02. The standard InChI is InChI=1S/C15H23NO.C2H6/c1-6-11-9(2)7-8-12-10(3)14(17)15(4,5)16-13(11)12;1-2/h7-8,10,14,16-17H,6H2,1-5H3;1-2H3. The molecule has 2 rings (SSSR count). The average Bonchev–Trinajstić information content (AvgIpc) is 2.38. The molecule has 2 heteroatoms. The normalized spacial score (nSPS) is 23.8. The second-order valence-corrected chi connectivity index (χ2v) is 5.76. The molecule has 0 spiro atoms. The summed E-state index contributed by atoms with van der Waals surface area (Å²) < 4.78 is 0. The molecular weight excluding hydrogens is 234 g/mol. The number of aliphatic hydroxyl groups excluding tert-OH is 1. The van der Waals surface area contributed by atoms with Crippen molar-refractivity contribution in [2.45, 2.75) is 72.4 Å². The summed E-state index contributed by atoms with van der Waals surface area (Å²) in [5.41, 5.74) is 4.95. The van der Waals surface area contributed by atoms with Crippen LogP contribution in [-0.4, -0.2) is 16.7 Å². The smallest absolute Gasteiger partial charge is 0.0830 e. The van der Waals surface area contributed by atoms with Crippen LogP contribution in [0.25, 0.3) is 0 Å². The third-order valence-electron chi connectivity index (χ3n) is 4.08. The lowest BCUT2D eigenvalue weighted by Crippen LogP contribution is -2.50. The predicted molar refractivity (Wildman–Crippen MR) is 84.0 cm³/mol. The Morgan fingerprint density at radius 3 is 2.37 bits per heavy atom. The summed E-state index contributed by atoms with van der Waals surface area (Å²) >= 11 is 0. The molecule has 2 N–H and O–H groups in total. The third kappa shape index (κ3) is 2.79. The van der Waals surface area contributed by atoms with Gasteiger partial charge in [-0.15, -0.1) is 0 Å². The van der Waals surface area contributed by atoms with Crippen LogP contribution in [0.5, 0.6) is 0 Å². The highest BCUT2D eigenvalue weighted by molar-refractivity contribution is 5.65. The molecule has 1 aromatic carbocycles. The summed E-state index contributed by atoms with van der Waals surface area (Å²) in [6.07, 6.45) is 0.684. The summed E-state index contributed by atoms with van der Waals surface area (Å²) in [6, 6.07) is 4.32. The van der Waals surface area contributed by atoms with Gasteiger partial charge in [-0.25, -0.2) is 0 Å². The molecule has 19 heavy (non-hydrogen) atoms. The molecule has 1 aliphatic heterocycles. The van der Waals surface area contributed by atoms with E-state index in [0.29, 0.717) is 0 Å². The van der Waals surface area contributed by atoms with Gasteiger partial charge in [0.1, 0.15) is 0 Å². The molecule has 0 amide bonds. The van der Waals surface area contributed by atoms with Crippen molar-refractivity contribution >= 4 is 5.69 Å². The van der Waals surface area contributed by atoms with Gasteiger partial charge in [0, 0.05) is 11.6 Å². The van der Waals surface area contributed by atoms with Crippen LogP contribution < -0.4 is 5.32 Å². The van der Waals surface area contributed by atoms with Crippen molar-refractivity contribution in [3.63, 3.8) is 0 Å². The van der Waals surface area contributed by atoms with E-state index in [9.17, 15) is 5.11 Å². The zero-order valence-electron chi connectivity index (χ0n) is 13.5. The summed E-state index contributed by atoms with van der Waals surface area (Å²) in [7, 11) is 0. The molecule has 0 saturated carbocycles. The maximum absolute atomic E-state index is 10.3. The highest BCUT2D eigenvalue weighted by Gasteiger charge is 2.39. The third-order valence-corrected chi connectivity index (χ3v) is 4.08. The Labute approximate surface area is 118 Å². The van der Waals surface area contributed by atoms with Crippen LogP contribution in [-0.2, 0) is 6.42 Å². The van der Waals surface area contributed by atoms with E-state index in [-0.39, 0.29) is 17.6 Å². The molecule has 0 radical (unpaired) electrons. The molecule has 2 atom stereocenters. The molecule has 1 heterocycles. The monoisotopic (exact) mass is 263 g/mol. The van der Waals surface area contributed by atoms with Gasteiger partial charge >= 0.3 is 0 Å². The van der Waals surface area contributed by atoms with E-state index in [0.717, 1.165) is 6.42 Å². The Kier molecular flexibility index (Phi) is 5.03. The van der Waals surface area contributed by atoms with Crippen molar-refractivity contribution in [3.8, 4) is 0 Å². The predicted octanol–water partition coefficient (Wildman–Crippen LogP) is 4.25. The molecule has 0 aromatic heterocycles. The highest BCUT2D eigenvalue weighted by atomic mass is 16.3. The van der Waals surface area contributed by atoms with Crippen LogP contribution in [0, 0.1) is 6.92 Å². The Bertz CT molecular complexity index is 437. The van der Waals surface area contributed by atoms with Gasteiger partial charge in [-0.2, -0.15) is 0 Å². The number of aryl methyl sites for hydroxylation is 1. The molecule has 1 aromatic rings. The number of hydrogen-bond acceptors (Lipinski definition) is 2. The lowest BCUT2D eigenvalue weighted by atomic mass is 9.77. The van der Waals surface area contributed by atoms with Crippen LogP contribution in [0.1, 0.15) is 64.2 Å². The lowest BCUT2D eigenvalue weighted by molar-refractivity contribution is 0.0868. The highest BCUT2D eigenvalue weighted by Crippen LogP contribution is 2.41. The number of hydrogen-bond donors (Lipinski definition) is 2. The van der Waals surface area contributed by atoms with Crippen LogP contribution in [0.4, 0.5) is 5.69 Å². The van der Waals surface area contributed by atoms with Crippen molar-refractivity contribution in [3.05, 3.63) is 28.8 Å². The van der Waals surface area contributed by atoms with Gasteiger partial charge in [0.05, 0.1) is 11.6 Å². The average molecular weight is 263 g/mol. The van der Waals surface area contributed by atoms with Gasteiger partial charge < -0.3 is 10.4 Å². The summed E-state index contributed by atoms with van der Waals surface area (Å²) in [4.78, 5) is 0. The van der Waals surface area contributed by atoms with Gasteiger partial charge in [0.15, 0.2) is 0 Å². The fraction of sp³-hybridized carbons (Fsp3) is 0.647. The van der Waals surface area contributed by atoms with E-state index >= 15 is 0 Å². The molecule has 108 valence electrons. The van der Waals surface area contributed by atoms with Crippen molar-refractivity contribution in [2.75, 3.05) is 5.32 Å². The Morgan fingerprint density at radius 2 is 1.84 bits per heavy atom. The van der Waals surface area contributed by atoms with Gasteiger partial charge in [0.25, 0.3) is 0 Å². The minimum Gasteiger partial charge on any atom is -0.390 e. The number of aliphatic hydroxyl groups is 1. The first kappa shape index (κ1) is 16.0. The van der Waals surface area contributed by atoms with Crippen LogP contribution in [0.3, 0.4) is 0 Å². The summed E-state index contributed by atoms with van der Waals surface area (Å²) in [5, 5.41) is 13.8. The van der Waals surface area contributed by atoms with E-state index in [4.69, 9.17) is 0 Å². The SMILES string of the molecule is CC.CCc1c(C)ccc2c1NC(C)(C)C(O)C2C. The maximum atomic E-state index is 10.3. The molecule has 2 unspecified atom stereocenters. The number of rotatable bonds is 1. The zero-order chi connectivity index (χ0) is 14.8. The van der Waals surface area contributed by atoms with E-state index in [1.165, 1.54) is 22.4 Å². The van der Waals surface area contributed by atoms with E-state index < -0.39 is 0 Å². The van der Waals surface area contributed by atoms with Gasteiger partial charge in [-0.05, 0) is 43.9 Å². The first-order valence-electron chi connectivity index (χ1n) is 7.47. The Morgan fingerprint density at radius 1 is 1.26 bits per heavy atom. The van der Waals surface area contributed by atoms with Crippen LogP contribution >= 0.6 is 0 Å². The zero-order valence-corrected chi connectivity index (χ0v) is 13.5. The fourth-order valence-electron chi connectivity index (χ4n) is 2.94. The van der Waals surface area contributed by atoms with Crippen LogP contribution in [0.15, 0.2) is 12.1 Å². The molecule has 0 saturated heterocycles. The van der Waals surface area contributed by atoms with Gasteiger partial charge in [0.2, 0.25) is 0 Å². The molecule has 0 fully saturated rings.